The molecule has 2 aromatic carbocycles. The summed E-state index contributed by atoms with van der Waals surface area (Å²) in [5.74, 6) is -0.684. The number of aliphatic imine (C=N–C) groups is 1. The van der Waals surface area contributed by atoms with Gasteiger partial charge in [0, 0.05) is 24.1 Å². The molecule has 0 aromatic heterocycles. The van der Waals surface area contributed by atoms with E-state index in [0.29, 0.717) is 33.5 Å². The van der Waals surface area contributed by atoms with Crippen LogP contribution in [0.4, 0.5) is 5.69 Å². The Balaban J connectivity index is 2.02. The minimum absolute atomic E-state index is 0.00971. The van der Waals surface area contributed by atoms with Crippen LogP contribution in [0.1, 0.15) is 30.5 Å². The maximum Gasteiger partial charge on any atom is 0.363 e. The molecule has 1 heterocycles. The van der Waals surface area contributed by atoms with E-state index in [1.807, 2.05) is 0 Å². The van der Waals surface area contributed by atoms with Gasteiger partial charge in [-0.25, -0.2) is 9.79 Å². The third-order valence-electron chi connectivity index (χ3n) is 4.23. The second kappa shape index (κ2) is 9.09. The monoisotopic (exact) mass is 488 g/mol. The minimum Gasteiger partial charge on any atom is -0.490 e. The van der Waals surface area contributed by atoms with E-state index < -0.39 is 16.9 Å². The van der Waals surface area contributed by atoms with Gasteiger partial charge in [0.25, 0.3) is 5.69 Å². The van der Waals surface area contributed by atoms with Gasteiger partial charge in [-0.2, -0.15) is 0 Å². The van der Waals surface area contributed by atoms with Crippen molar-refractivity contribution in [3.8, 4) is 11.5 Å². The number of esters is 2. The van der Waals surface area contributed by atoms with Crippen molar-refractivity contribution in [3.63, 3.8) is 0 Å². The molecule has 0 saturated heterocycles. The maximum absolute atomic E-state index is 12.3. The van der Waals surface area contributed by atoms with Gasteiger partial charge in [0.2, 0.25) is 5.90 Å². The van der Waals surface area contributed by atoms with Crippen LogP contribution < -0.4 is 9.47 Å². The smallest absolute Gasteiger partial charge is 0.363 e. The Morgan fingerprint density at radius 2 is 2.10 bits per heavy atom. The van der Waals surface area contributed by atoms with Crippen LogP contribution in [-0.2, 0) is 14.3 Å². The van der Waals surface area contributed by atoms with Gasteiger partial charge in [-0.05, 0) is 59.6 Å². The van der Waals surface area contributed by atoms with Crippen LogP contribution in [0.25, 0.3) is 6.08 Å². The molecule has 9 nitrogen and oxygen atoms in total. The zero-order valence-corrected chi connectivity index (χ0v) is 18.4. The quantitative estimate of drug-likeness (QED) is 0.195. The standard InChI is InChI=1S/C21H17BrN2O7/c1-4-29-18-10-13(8-15(22)19(18)30-12(3)25)9-16-21(26)31-20(23-16)14-6-5-7-17(11(14)2)24(27)28/h5-10H,4H2,1-3H3/b16-9-. The molecule has 0 unspecified atom stereocenters. The number of hydrogen-bond donors (Lipinski definition) is 0. The van der Waals surface area contributed by atoms with E-state index in [4.69, 9.17) is 14.2 Å². The Labute approximate surface area is 185 Å². The van der Waals surface area contributed by atoms with Crippen molar-refractivity contribution >= 4 is 45.5 Å². The average molecular weight is 489 g/mol. The lowest BCUT2D eigenvalue weighted by atomic mass is 10.1. The molecular formula is C21H17BrN2O7. The lowest BCUT2D eigenvalue weighted by Crippen LogP contribution is -2.08. The molecule has 0 saturated carbocycles. The largest absolute Gasteiger partial charge is 0.490 e. The van der Waals surface area contributed by atoms with Gasteiger partial charge in [-0.3, -0.25) is 14.9 Å². The highest BCUT2D eigenvalue weighted by Gasteiger charge is 2.27. The van der Waals surface area contributed by atoms with E-state index in [0.717, 1.165) is 0 Å². The number of carbonyl (C=O) groups is 2. The lowest BCUT2D eigenvalue weighted by molar-refractivity contribution is -0.385. The normalized spacial score (nSPS) is 14.3. The van der Waals surface area contributed by atoms with Crippen molar-refractivity contribution in [1.82, 2.24) is 0 Å². The third-order valence-corrected chi connectivity index (χ3v) is 4.82. The van der Waals surface area contributed by atoms with Crippen molar-refractivity contribution in [3.05, 3.63) is 67.3 Å². The number of nitro benzene ring substituents is 1. The number of cyclic esters (lactones) is 1. The zero-order chi connectivity index (χ0) is 22.7. The predicted octanol–water partition coefficient (Wildman–Crippen LogP) is 4.33. The first-order valence-electron chi connectivity index (χ1n) is 9.13. The molecule has 3 rings (SSSR count). The summed E-state index contributed by atoms with van der Waals surface area (Å²) in [6.45, 7) is 4.95. The first-order chi connectivity index (χ1) is 14.7. The number of rotatable bonds is 6. The molecule has 1 aliphatic rings. The second-order valence-electron chi connectivity index (χ2n) is 6.40. The lowest BCUT2D eigenvalue weighted by Gasteiger charge is -2.12. The summed E-state index contributed by atoms with van der Waals surface area (Å²) >= 11 is 3.34. The fourth-order valence-electron chi connectivity index (χ4n) is 2.91. The molecule has 2 aromatic rings. The summed E-state index contributed by atoms with van der Waals surface area (Å²) in [6, 6.07) is 7.68. The second-order valence-corrected chi connectivity index (χ2v) is 7.25. The number of halogens is 1. The summed E-state index contributed by atoms with van der Waals surface area (Å²) in [5.41, 5.74) is 1.15. The maximum atomic E-state index is 12.3. The van der Waals surface area contributed by atoms with Gasteiger partial charge < -0.3 is 14.2 Å². The zero-order valence-electron chi connectivity index (χ0n) is 16.8. The van der Waals surface area contributed by atoms with E-state index in [2.05, 4.69) is 20.9 Å². The molecule has 0 bridgehead atoms. The molecule has 0 fully saturated rings. The summed E-state index contributed by atoms with van der Waals surface area (Å²) < 4.78 is 16.4. The van der Waals surface area contributed by atoms with Gasteiger partial charge in [-0.1, -0.05) is 6.07 Å². The van der Waals surface area contributed by atoms with Crippen molar-refractivity contribution in [2.75, 3.05) is 6.61 Å². The molecule has 0 radical (unpaired) electrons. The number of benzene rings is 2. The Morgan fingerprint density at radius 3 is 2.74 bits per heavy atom. The number of nitrogens with zero attached hydrogens (tertiary/aromatic N) is 2. The fourth-order valence-corrected chi connectivity index (χ4v) is 3.45. The van der Waals surface area contributed by atoms with E-state index >= 15 is 0 Å². The molecule has 0 amide bonds. The number of carbonyl (C=O) groups excluding carboxylic acids is 2. The molecule has 10 heteroatoms. The van der Waals surface area contributed by atoms with Crippen LogP contribution in [0.2, 0.25) is 0 Å². The van der Waals surface area contributed by atoms with E-state index in [1.165, 1.54) is 25.1 Å². The predicted molar refractivity (Wildman–Crippen MR) is 115 cm³/mol. The van der Waals surface area contributed by atoms with Crippen molar-refractivity contribution in [2.45, 2.75) is 20.8 Å². The molecule has 160 valence electrons. The van der Waals surface area contributed by atoms with Crippen molar-refractivity contribution in [2.24, 2.45) is 4.99 Å². The third kappa shape index (κ3) is 4.80. The summed E-state index contributed by atoms with van der Waals surface area (Å²) in [6.07, 6.45) is 1.48. The minimum atomic E-state index is -0.695. The Kier molecular flexibility index (Phi) is 6.50. The molecule has 1 aliphatic heterocycles. The van der Waals surface area contributed by atoms with E-state index in [-0.39, 0.29) is 23.0 Å². The number of nitro groups is 1. The van der Waals surface area contributed by atoms with Gasteiger partial charge in [0.05, 0.1) is 16.0 Å². The van der Waals surface area contributed by atoms with Crippen molar-refractivity contribution in [1.29, 1.82) is 0 Å². The highest BCUT2D eigenvalue weighted by molar-refractivity contribution is 9.10. The Morgan fingerprint density at radius 1 is 1.35 bits per heavy atom. The van der Waals surface area contributed by atoms with E-state index in [9.17, 15) is 19.7 Å². The number of ether oxygens (including phenoxy) is 3. The van der Waals surface area contributed by atoms with Crippen molar-refractivity contribution < 1.29 is 28.7 Å². The summed E-state index contributed by atoms with van der Waals surface area (Å²) in [5, 5.41) is 11.2. The van der Waals surface area contributed by atoms with Gasteiger partial charge in [0.1, 0.15) is 0 Å². The summed E-state index contributed by atoms with van der Waals surface area (Å²) in [7, 11) is 0. The number of hydrogen-bond acceptors (Lipinski definition) is 8. The average Bonchev–Trinajstić information content (AvgIpc) is 3.04. The Bertz CT molecular complexity index is 1150. The molecule has 0 atom stereocenters. The fraction of sp³-hybridized carbons (Fsp3) is 0.190. The van der Waals surface area contributed by atoms with Crippen LogP contribution in [-0.4, -0.2) is 29.4 Å². The van der Waals surface area contributed by atoms with Gasteiger partial charge in [0.15, 0.2) is 17.2 Å². The Hall–Kier alpha value is -3.53. The first kappa shape index (κ1) is 22.2. The van der Waals surface area contributed by atoms with Crippen LogP contribution >= 0.6 is 15.9 Å². The molecule has 0 N–H and O–H groups in total. The van der Waals surface area contributed by atoms with Crippen LogP contribution in [0.5, 0.6) is 11.5 Å². The van der Waals surface area contributed by atoms with Crippen LogP contribution in [0, 0.1) is 17.0 Å². The highest BCUT2D eigenvalue weighted by Crippen LogP contribution is 2.38. The van der Waals surface area contributed by atoms with Gasteiger partial charge >= 0.3 is 11.9 Å². The van der Waals surface area contributed by atoms with Gasteiger partial charge in [-0.15, -0.1) is 0 Å². The SMILES string of the molecule is CCOc1cc(/C=C2\N=C(c3cccc([N+](=O)[O-])c3C)OC2=O)cc(Br)c1OC(C)=O. The topological polar surface area (TPSA) is 117 Å². The molecule has 0 aliphatic carbocycles. The van der Waals surface area contributed by atoms with Crippen LogP contribution in [0.3, 0.4) is 0 Å². The summed E-state index contributed by atoms with van der Waals surface area (Å²) in [4.78, 5) is 38.6. The molecule has 31 heavy (non-hydrogen) atoms. The molecular weight excluding hydrogens is 472 g/mol. The van der Waals surface area contributed by atoms with E-state index in [1.54, 1.807) is 32.0 Å². The first-order valence-corrected chi connectivity index (χ1v) is 9.92. The van der Waals surface area contributed by atoms with Crippen LogP contribution in [0.15, 0.2) is 45.5 Å². The highest BCUT2D eigenvalue weighted by atomic mass is 79.9. The molecule has 0 spiro atoms.